The number of para-hydroxylation sites is 3. The normalized spacial score (nSPS) is 15.2. The summed E-state index contributed by atoms with van der Waals surface area (Å²) >= 11 is 0. The zero-order valence-corrected chi connectivity index (χ0v) is 26.4. The molecule has 0 spiro atoms. The molecular weight excluding hydrogens is 605 g/mol. The van der Waals surface area contributed by atoms with Gasteiger partial charge in [0, 0.05) is 32.9 Å². The Morgan fingerprint density at radius 3 is 1.46 bits per heavy atom. The summed E-state index contributed by atoms with van der Waals surface area (Å²) in [6, 6.07) is 30.0. The SMILES string of the molecule is [2H]c1ccccc1-c1ccc(-c2ccc(-n3c4c([2H])cc([2H])c([2H])c4c4c([2H])c(-c5cc([2H])c6c(c5[2H])c5c([2H])c([2H])cc([2H])c5n6-c5ccccc5)cc([2H])c43)c([2H])c2)c([2H])c1. The summed E-state index contributed by atoms with van der Waals surface area (Å²) < 4.78 is 121. The summed E-state index contributed by atoms with van der Waals surface area (Å²) in [5, 5.41) is 0.344. The van der Waals surface area contributed by atoms with Gasteiger partial charge in [-0.2, -0.15) is 0 Å². The minimum atomic E-state index is -0.301. The molecule has 2 heterocycles. The molecule has 0 aliphatic heterocycles. The van der Waals surface area contributed by atoms with Crippen molar-refractivity contribution in [3.05, 3.63) is 194 Å². The second-order valence-corrected chi connectivity index (χ2v) is 11.9. The highest BCUT2D eigenvalue weighted by atomic mass is 15.0. The number of rotatable bonds is 5. The Bertz CT molecular complexity index is 3610. The molecule has 0 saturated carbocycles. The molecule has 10 rings (SSSR count). The second kappa shape index (κ2) is 11.5. The molecule has 2 heteroatoms. The molecular formula is C48H32N2. The first-order chi connectivity index (χ1) is 30.2. The molecule has 0 atom stereocenters. The number of benzene rings is 8. The average Bonchev–Trinajstić information content (AvgIpc) is 3.82. The van der Waals surface area contributed by atoms with Crippen LogP contribution >= 0.6 is 0 Å². The van der Waals surface area contributed by atoms with Gasteiger partial charge in [-0.25, -0.2) is 0 Å². The number of nitrogens with zero attached hydrogens (tertiary/aromatic N) is 2. The Balaban J connectivity index is 1.21. The third-order valence-corrected chi connectivity index (χ3v) is 9.01. The number of hydrogen-bond donors (Lipinski definition) is 0. The predicted octanol–water partition coefficient (Wildman–Crippen LogP) is 12.9. The molecule has 0 saturated heterocycles. The van der Waals surface area contributed by atoms with Crippen LogP contribution in [0, 0.1) is 0 Å². The van der Waals surface area contributed by atoms with E-state index in [4.69, 9.17) is 11.0 Å². The van der Waals surface area contributed by atoms with Crippen molar-refractivity contribution in [1.82, 2.24) is 9.13 Å². The van der Waals surface area contributed by atoms with E-state index in [1.807, 2.05) is 24.3 Å². The van der Waals surface area contributed by atoms with Crippen molar-refractivity contribution in [1.29, 1.82) is 0 Å². The number of fused-ring (bicyclic) bond motifs is 6. The lowest BCUT2D eigenvalue weighted by molar-refractivity contribution is 1.18. The number of hydrogen-bond acceptors (Lipinski definition) is 0. The van der Waals surface area contributed by atoms with E-state index in [-0.39, 0.29) is 133 Å². The smallest absolute Gasteiger partial charge is 0.0645 e. The highest BCUT2D eigenvalue weighted by Gasteiger charge is 2.16. The summed E-state index contributed by atoms with van der Waals surface area (Å²) in [6.07, 6.45) is 0. The van der Waals surface area contributed by atoms with E-state index in [0.717, 1.165) is 0 Å². The fourth-order valence-corrected chi connectivity index (χ4v) is 6.66. The van der Waals surface area contributed by atoms with Crippen molar-refractivity contribution in [2.75, 3.05) is 0 Å². The van der Waals surface area contributed by atoms with Gasteiger partial charge >= 0.3 is 0 Å². The molecule has 234 valence electrons. The minimum absolute atomic E-state index is 0.0376. The summed E-state index contributed by atoms with van der Waals surface area (Å²) in [5.41, 5.74) is 4.08. The molecule has 2 aromatic heterocycles. The van der Waals surface area contributed by atoms with Crippen LogP contribution in [0.15, 0.2) is 194 Å². The summed E-state index contributed by atoms with van der Waals surface area (Å²) in [4.78, 5) is 0. The van der Waals surface area contributed by atoms with Gasteiger partial charge in [-0.3, -0.25) is 0 Å². The lowest BCUT2D eigenvalue weighted by atomic mass is 10.00. The van der Waals surface area contributed by atoms with E-state index in [0.29, 0.717) is 34.0 Å². The maximum atomic E-state index is 9.75. The van der Waals surface area contributed by atoms with E-state index >= 15 is 0 Å². The molecule has 50 heavy (non-hydrogen) atoms. The van der Waals surface area contributed by atoms with E-state index < -0.39 is 0 Å². The third kappa shape index (κ3) is 4.57. The van der Waals surface area contributed by atoms with Crippen LogP contribution in [0.1, 0.15) is 17.8 Å². The van der Waals surface area contributed by atoms with Gasteiger partial charge in [-0.1, -0.05) is 133 Å². The standard InChI is InChI=1S/C48H32N2/c1-3-11-33(12-4-1)34-19-21-35(22-20-34)36-23-27-40(28-24-36)50-46-18-10-8-16-42(46)44-32-38(26-30-48(44)50)37-25-29-47-43(31-37)41-15-7-9-17-45(41)49(47)39-13-5-2-6-14-39/h1-32H/i7D,8D,11D,15D,16D,17D,18D,21D,27D,29D,30D,31D,32D. The predicted molar refractivity (Wildman–Crippen MR) is 211 cm³/mol. The van der Waals surface area contributed by atoms with Crippen LogP contribution in [0.25, 0.3) is 88.4 Å². The minimum Gasteiger partial charge on any atom is -0.309 e. The quantitative estimate of drug-likeness (QED) is 0.176. The molecule has 0 fully saturated rings. The van der Waals surface area contributed by atoms with Gasteiger partial charge in [0.2, 0.25) is 0 Å². The van der Waals surface area contributed by atoms with Crippen LogP contribution < -0.4 is 0 Å². The molecule has 10 aromatic rings. The second-order valence-electron chi connectivity index (χ2n) is 11.9. The van der Waals surface area contributed by atoms with E-state index in [9.17, 15) is 6.85 Å². The van der Waals surface area contributed by atoms with Crippen LogP contribution in [0.3, 0.4) is 0 Å². The Labute approximate surface area is 309 Å². The molecule has 0 radical (unpaired) electrons. The van der Waals surface area contributed by atoms with E-state index in [1.54, 1.807) is 71.3 Å². The first-order valence-electron chi connectivity index (χ1n) is 22.6. The van der Waals surface area contributed by atoms with Gasteiger partial charge in [-0.15, -0.1) is 0 Å². The highest BCUT2D eigenvalue weighted by molar-refractivity contribution is 6.12. The van der Waals surface area contributed by atoms with Crippen molar-refractivity contribution in [3.63, 3.8) is 0 Å². The summed E-state index contributed by atoms with van der Waals surface area (Å²) in [5.74, 6) is 0. The Morgan fingerprint density at radius 1 is 0.300 bits per heavy atom. The zero-order chi connectivity index (χ0) is 44.3. The Hall–Kier alpha value is -6.64. The highest BCUT2D eigenvalue weighted by Crippen LogP contribution is 2.38. The molecule has 0 aliphatic carbocycles. The molecule has 2 nitrogen and oxygen atoms in total. The van der Waals surface area contributed by atoms with Crippen LogP contribution in [-0.4, -0.2) is 9.13 Å². The van der Waals surface area contributed by atoms with Crippen LogP contribution in [0.2, 0.25) is 0 Å². The Morgan fingerprint density at radius 2 is 0.820 bits per heavy atom. The lowest BCUT2D eigenvalue weighted by Crippen LogP contribution is -1.94. The van der Waals surface area contributed by atoms with Gasteiger partial charge in [0.1, 0.15) is 0 Å². The largest absolute Gasteiger partial charge is 0.309 e. The van der Waals surface area contributed by atoms with E-state index in [2.05, 4.69) is 0 Å². The molecule has 8 aromatic carbocycles. The maximum Gasteiger partial charge on any atom is 0.0645 e. The van der Waals surface area contributed by atoms with Gasteiger partial charge in [0.25, 0.3) is 0 Å². The summed E-state index contributed by atoms with van der Waals surface area (Å²) in [6.45, 7) is 0. The fourth-order valence-electron chi connectivity index (χ4n) is 6.66. The Kier molecular flexibility index (Phi) is 4.19. The van der Waals surface area contributed by atoms with Gasteiger partial charge in [0.05, 0.1) is 39.9 Å². The van der Waals surface area contributed by atoms with Crippen molar-refractivity contribution in [3.8, 4) is 44.8 Å². The van der Waals surface area contributed by atoms with Gasteiger partial charge in [-0.05, 0) is 93.9 Å². The van der Waals surface area contributed by atoms with Crippen molar-refractivity contribution < 1.29 is 17.8 Å². The van der Waals surface area contributed by atoms with Gasteiger partial charge < -0.3 is 9.13 Å². The first kappa shape index (κ1) is 18.2. The van der Waals surface area contributed by atoms with Crippen LogP contribution in [0.4, 0.5) is 0 Å². The maximum absolute atomic E-state index is 9.75. The first-order valence-corrected chi connectivity index (χ1v) is 16.1. The average molecular weight is 650 g/mol. The van der Waals surface area contributed by atoms with Crippen molar-refractivity contribution in [2.24, 2.45) is 0 Å². The molecule has 0 aliphatic rings. The van der Waals surface area contributed by atoms with Crippen LogP contribution in [0.5, 0.6) is 0 Å². The third-order valence-electron chi connectivity index (χ3n) is 9.01. The van der Waals surface area contributed by atoms with Crippen LogP contribution in [-0.2, 0) is 0 Å². The molecule has 0 unspecified atom stereocenters. The molecule has 0 N–H and O–H groups in total. The zero-order valence-electron chi connectivity index (χ0n) is 39.4. The monoisotopic (exact) mass is 649 g/mol. The topological polar surface area (TPSA) is 9.86 Å². The lowest BCUT2D eigenvalue weighted by Gasteiger charge is -2.11. The number of aromatic nitrogens is 2. The van der Waals surface area contributed by atoms with E-state index in [1.165, 1.54) is 28.8 Å². The van der Waals surface area contributed by atoms with Crippen molar-refractivity contribution in [2.45, 2.75) is 0 Å². The van der Waals surface area contributed by atoms with Gasteiger partial charge in [0.15, 0.2) is 0 Å². The summed E-state index contributed by atoms with van der Waals surface area (Å²) in [7, 11) is 0. The van der Waals surface area contributed by atoms with Crippen molar-refractivity contribution >= 4 is 43.6 Å². The fraction of sp³-hybridized carbons (Fsp3) is 0. The molecule has 0 amide bonds. The molecule has 0 bridgehead atoms.